The van der Waals surface area contributed by atoms with Gasteiger partial charge in [0.15, 0.2) is 0 Å². The number of nitrogens with zero attached hydrogens (tertiary/aromatic N) is 3. The smallest absolute Gasteiger partial charge is 0.323 e. The van der Waals surface area contributed by atoms with E-state index in [2.05, 4.69) is 25.7 Å². The minimum Gasteiger partial charge on any atom is -0.463 e. The van der Waals surface area contributed by atoms with Crippen LogP contribution in [0.25, 0.3) is 0 Å². The molecule has 0 unspecified atom stereocenters. The van der Waals surface area contributed by atoms with Crippen molar-refractivity contribution in [2.45, 2.75) is 26.2 Å². The molecular formula is C10H18N6O. The molecule has 94 valence electrons. The number of nitrogen functional groups attached to an aromatic ring is 1. The standard InChI is InChI=1S/C10H18N6O/c1-2-5-17-10-14-8(12-6-7-3-4-7)13-9(15-10)16-11/h7H,2-6,11H2,1H3,(H2,12,13,14,15,16). The molecule has 1 aliphatic carbocycles. The van der Waals surface area contributed by atoms with Gasteiger partial charge in [-0.1, -0.05) is 6.92 Å². The molecule has 0 amide bonds. The predicted octanol–water partition coefficient (Wildman–Crippen LogP) is 0.768. The number of nitrogens with two attached hydrogens (primary N) is 1. The van der Waals surface area contributed by atoms with Crippen molar-refractivity contribution in [3.8, 4) is 6.01 Å². The van der Waals surface area contributed by atoms with Crippen molar-refractivity contribution in [1.82, 2.24) is 15.0 Å². The Kier molecular flexibility index (Phi) is 3.92. The lowest BCUT2D eigenvalue weighted by atomic mass is 10.4. The zero-order valence-electron chi connectivity index (χ0n) is 9.94. The van der Waals surface area contributed by atoms with Gasteiger partial charge in [-0.2, -0.15) is 15.0 Å². The Morgan fingerprint density at radius 1 is 1.29 bits per heavy atom. The van der Waals surface area contributed by atoms with Gasteiger partial charge in [0, 0.05) is 6.54 Å². The summed E-state index contributed by atoms with van der Waals surface area (Å²) in [6, 6.07) is 0.299. The Balaban J connectivity index is 2.00. The maximum absolute atomic E-state index is 5.36. The van der Waals surface area contributed by atoms with Gasteiger partial charge in [-0.25, -0.2) is 5.84 Å². The molecule has 0 saturated heterocycles. The Labute approximate surface area is 100 Å². The van der Waals surface area contributed by atoms with Crippen LogP contribution < -0.4 is 21.3 Å². The van der Waals surface area contributed by atoms with Crippen LogP contribution in [0.2, 0.25) is 0 Å². The summed E-state index contributed by atoms with van der Waals surface area (Å²) in [5.74, 6) is 6.86. The van der Waals surface area contributed by atoms with E-state index < -0.39 is 0 Å². The third kappa shape index (κ3) is 3.70. The van der Waals surface area contributed by atoms with E-state index in [0.29, 0.717) is 24.5 Å². The van der Waals surface area contributed by atoms with E-state index in [-0.39, 0.29) is 0 Å². The first-order chi connectivity index (χ1) is 8.31. The molecule has 2 rings (SSSR count). The highest BCUT2D eigenvalue weighted by Crippen LogP contribution is 2.28. The molecule has 1 aliphatic rings. The SMILES string of the molecule is CCCOc1nc(NN)nc(NCC2CC2)n1. The van der Waals surface area contributed by atoms with Gasteiger partial charge in [0.2, 0.25) is 11.9 Å². The third-order valence-corrected chi connectivity index (χ3v) is 2.43. The lowest BCUT2D eigenvalue weighted by Gasteiger charge is -2.08. The lowest BCUT2D eigenvalue weighted by Crippen LogP contribution is -2.15. The van der Waals surface area contributed by atoms with Crippen LogP contribution in [0, 0.1) is 5.92 Å². The summed E-state index contributed by atoms with van der Waals surface area (Å²) in [5, 5.41) is 3.16. The maximum atomic E-state index is 5.36. The number of ether oxygens (including phenoxy) is 1. The predicted molar refractivity (Wildman–Crippen MR) is 64.6 cm³/mol. The van der Waals surface area contributed by atoms with E-state index in [0.717, 1.165) is 18.9 Å². The van der Waals surface area contributed by atoms with Gasteiger partial charge in [0.1, 0.15) is 0 Å². The summed E-state index contributed by atoms with van der Waals surface area (Å²) in [6.07, 6.45) is 3.46. The monoisotopic (exact) mass is 238 g/mol. The Morgan fingerprint density at radius 3 is 2.71 bits per heavy atom. The van der Waals surface area contributed by atoms with Crippen molar-refractivity contribution in [3.05, 3.63) is 0 Å². The van der Waals surface area contributed by atoms with E-state index in [4.69, 9.17) is 10.6 Å². The van der Waals surface area contributed by atoms with Crippen molar-refractivity contribution in [2.75, 3.05) is 23.9 Å². The molecule has 0 radical (unpaired) electrons. The van der Waals surface area contributed by atoms with Crippen molar-refractivity contribution in [3.63, 3.8) is 0 Å². The molecule has 1 aromatic rings. The topological polar surface area (TPSA) is 98.0 Å². The first-order valence-electron chi connectivity index (χ1n) is 5.91. The molecule has 0 aromatic carbocycles. The maximum Gasteiger partial charge on any atom is 0.323 e. The summed E-state index contributed by atoms with van der Waals surface area (Å²) in [5.41, 5.74) is 2.41. The normalized spacial score (nSPS) is 14.5. The Morgan fingerprint density at radius 2 is 2.06 bits per heavy atom. The molecule has 7 nitrogen and oxygen atoms in total. The van der Waals surface area contributed by atoms with E-state index in [1.54, 1.807) is 0 Å². The average Bonchev–Trinajstić information content (AvgIpc) is 3.17. The second-order valence-corrected chi connectivity index (χ2v) is 4.08. The number of hydrogen-bond donors (Lipinski definition) is 3. The minimum atomic E-state index is 0.299. The molecule has 0 aliphatic heterocycles. The fourth-order valence-electron chi connectivity index (χ4n) is 1.32. The number of anilines is 2. The van der Waals surface area contributed by atoms with Crippen molar-refractivity contribution in [1.29, 1.82) is 0 Å². The molecule has 4 N–H and O–H groups in total. The fourth-order valence-corrected chi connectivity index (χ4v) is 1.32. The van der Waals surface area contributed by atoms with Crippen LogP contribution in [-0.4, -0.2) is 28.1 Å². The zero-order valence-corrected chi connectivity index (χ0v) is 9.94. The van der Waals surface area contributed by atoms with Crippen molar-refractivity contribution < 1.29 is 4.74 Å². The average molecular weight is 238 g/mol. The lowest BCUT2D eigenvalue weighted by molar-refractivity contribution is 0.292. The molecule has 1 saturated carbocycles. The minimum absolute atomic E-state index is 0.299. The van der Waals surface area contributed by atoms with Gasteiger partial charge < -0.3 is 10.1 Å². The zero-order chi connectivity index (χ0) is 12.1. The summed E-state index contributed by atoms with van der Waals surface area (Å²) < 4.78 is 5.36. The Bertz CT molecular complexity index is 368. The van der Waals surface area contributed by atoms with Gasteiger partial charge in [-0.3, -0.25) is 5.43 Å². The van der Waals surface area contributed by atoms with E-state index in [1.807, 2.05) is 6.92 Å². The molecule has 7 heteroatoms. The van der Waals surface area contributed by atoms with E-state index >= 15 is 0 Å². The number of aromatic nitrogens is 3. The molecule has 1 heterocycles. The molecular weight excluding hydrogens is 220 g/mol. The molecule has 0 bridgehead atoms. The van der Waals surface area contributed by atoms with Gasteiger partial charge in [0.25, 0.3) is 0 Å². The third-order valence-electron chi connectivity index (χ3n) is 2.43. The highest BCUT2D eigenvalue weighted by Gasteiger charge is 2.21. The van der Waals surface area contributed by atoms with Crippen LogP contribution in [0.3, 0.4) is 0 Å². The van der Waals surface area contributed by atoms with E-state index in [1.165, 1.54) is 12.8 Å². The molecule has 0 atom stereocenters. The number of hydrazine groups is 1. The summed E-state index contributed by atoms with van der Waals surface area (Å²) in [7, 11) is 0. The van der Waals surface area contributed by atoms with Crippen LogP contribution in [0.1, 0.15) is 26.2 Å². The van der Waals surface area contributed by atoms with Gasteiger partial charge in [-0.15, -0.1) is 0 Å². The van der Waals surface area contributed by atoms with Gasteiger partial charge in [-0.05, 0) is 25.2 Å². The highest BCUT2D eigenvalue weighted by atomic mass is 16.5. The number of nitrogens with one attached hydrogen (secondary N) is 2. The molecule has 0 spiro atoms. The summed E-state index contributed by atoms with van der Waals surface area (Å²) in [4.78, 5) is 12.3. The first-order valence-corrected chi connectivity index (χ1v) is 5.91. The molecule has 17 heavy (non-hydrogen) atoms. The second-order valence-electron chi connectivity index (χ2n) is 4.08. The van der Waals surface area contributed by atoms with Crippen molar-refractivity contribution in [2.24, 2.45) is 11.8 Å². The largest absolute Gasteiger partial charge is 0.463 e. The van der Waals surface area contributed by atoms with Crippen LogP contribution in [0.4, 0.5) is 11.9 Å². The van der Waals surface area contributed by atoms with Crippen LogP contribution in [0.15, 0.2) is 0 Å². The summed E-state index contributed by atoms with van der Waals surface area (Å²) in [6.45, 7) is 3.49. The van der Waals surface area contributed by atoms with Crippen LogP contribution in [0.5, 0.6) is 6.01 Å². The van der Waals surface area contributed by atoms with Crippen LogP contribution >= 0.6 is 0 Å². The van der Waals surface area contributed by atoms with Gasteiger partial charge in [0.05, 0.1) is 6.61 Å². The second kappa shape index (κ2) is 5.62. The fraction of sp³-hybridized carbons (Fsp3) is 0.700. The number of hydrogen-bond acceptors (Lipinski definition) is 7. The molecule has 1 aromatic heterocycles. The first kappa shape index (κ1) is 11.8. The Hall–Kier alpha value is -1.63. The summed E-state index contributed by atoms with van der Waals surface area (Å²) >= 11 is 0. The quantitative estimate of drug-likeness (QED) is 0.476. The van der Waals surface area contributed by atoms with Crippen LogP contribution in [-0.2, 0) is 0 Å². The van der Waals surface area contributed by atoms with E-state index in [9.17, 15) is 0 Å². The highest BCUT2D eigenvalue weighted by molar-refractivity contribution is 5.35. The number of rotatable bonds is 7. The molecule has 1 fully saturated rings. The van der Waals surface area contributed by atoms with Crippen molar-refractivity contribution >= 4 is 11.9 Å². The van der Waals surface area contributed by atoms with Gasteiger partial charge >= 0.3 is 6.01 Å².